The van der Waals surface area contributed by atoms with Crippen LogP contribution in [0.1, 0.15) is 31.2 Å². The van der Waals surface area contributed by atoms with Gasteiger partial charge in [0.2, 0.25) is 11.7 Å². The monoisotopic (exact) mass is 408 g/mol. The van der Waals surface area contributed by atoms with E-state index in [0.29, 0.717) is 30.0 Å². The van der Waals surface area contributed by atoms with Gasteiger partial charge in [0.15, 0.2) is 5.16 Å². The van der Waals surface area contributed by atoms with Crippen molar-refractivity contribution in [2.75, 3.05) is 13.7 Å². The normalized spacial score (nSPS) is 11.6. The lowest BCUT2D eigenvalue weighted by molar-refractivity contribution is 0.186. The molecule has 6 nitrogen and oxygen atoms in total. The zero-order chi connectivity index (χ0) is 20.2. The number of hydrogen-bond donors (Lipinski definition) is 0. The predicted octanol–water partition coefficient (Wildman–Crippen LogP) is 5.15. The van der Waals surface area contributed by atoms with Gasteiger partial charge in [0.25, 0.3) is 0 Å². The van der Waals surface area contributed by atoms with Crippen LogP contribution in [-0.4, -0.2) is 33.4 Å². The zero-order valence-corrected chi connectivity index (χ0v) is 17.6. The Morgan fingerprint density at radius 2 is 1.86 bits per heavy atom. The average molecular weight is 409 g/mol. The fourth-order valence-electron chi connectivity index (χ4n) is 3.14. The molecule has 0 fully saturated rings. The molecule has 4 rings (SSSR count). The SMILES string of the molecule is COCCn1c(SCc2nc(-c3ccc(C(C)C)cc3)no2)nc2ccccc21. The van der Waals surface area contributed by atoms with Crippen LogP contribution < -0.4 is 0 Å². The van der Waals surface area contributed by atoms with E-state index in [1.807, 2.05) is 30.3 Å². The molecule has 0 radical (unpaired) electrons. The number of ether oxygens (including phenoxy) is 1. The maximum atomic E-state index is 5.47. The second-order valence-electron chi connectivity index (χ2n) is 7.10. The highest BCUT2D eigenvalue weighted by Gasteiger charge is 2.14. The molecule has 0 aliphatic carbocycles. The fourth-order valence-corrected chi connectivity index (χ4v) is 4.01. The van der Waals surface area contributed by atoms with Gasteiger partial charge < -0.3 is 13.8 Å². The first-order valence-corrected chi connectivity index (χ1v) is 10.6. The largest absolute Gasteiger partial charge is 0.383 e. The minimum atomic E-state index is 0.499. The van der Waals surface area contributed by atoms with Crippen LogP contribution in [0.2, 0.25) is 0 Å². The molecule has 7 heteroatoms. The Labute approximate surface area is 174 Å². The number of methoxy groups -OCH3 is 1. The maximum Gasteiger partial charge on any atom is 0.237 e. The molecule has 0 atom stereocenters. The number of rotatable bonds is 8. The lowest BCUT2D eigenvalue weighted by atomic mass is 10.0. The van der Waals surface area contributed by atoms with Crippen molar-refractivity contribution in [1.82, 2.24) is 19.7 Å². The van der Waals surface area contributed by atoms with E-state index >= 15 is 0 Å². The van der Waals surface area contributed by atoms with Crippen LogP contribution in [0.5, 0.6) is 0 Å². The minimum absolute atomic E-state index is 0.499. The van der Waals surface area contributed by atoms with Gasteiger partial charge in [-0.25, -0.2) is 4.98 Å². The van der Waals surface area contributed by atoms with Crippen molar-refractivity contribution in [2.45, 2.75) is 37.2 Å². The van der Waals surface area contributed by atoms with E-state index in [1.165, 1.54) is 5.56 Å². The topological polar surface area (TPSA) is 66.0 Å². The number of aromatic nitrogens is 4. The Balaban J connectivity index is 1.50. The third-order valence-corrected chi connectivity index (χ3v) is 5.73. The number of thioether (sulfide) groups is 1. The van der Waals surface area contributed by atoms with Gasteiger partial charge in [0.05, 0.1) is 23.4 Å². The molecule has 0 bridgehead atoms. The van der Waals surface area contributed by atoms with Gasteiger partial charge in [-0.15, -0.1) is 0 Å². The summed E-state index contributed by atoms with van der Waals surface area (Å²) in [6, 6.07) is 16.4. The van der Waals surface area contributed by atoms with Crippen LogP contribution in [0.25, 0.3) is 22.4 Å². The Morgan fingerprint density at radius 3 is 2.62 bits per heavy atom. The summed E-state index contributed by atoms with van der Waals surface area (Å²) in [7, 11) is 1.71. The molecule has 0 saturated carbocycles. The summed E-state index contributed by atoms with van der Waals surface area (Å²) in [6.07, 6.45) is 0. The van der Waals surface area contributed by atoms with Crippen molar-refractivity contribution >= 4 is 22.8 Å². The van der Waals surface area contributed by atoms with Gasteiger partial charge in [0, 0.05) is 19.2 Å². The van der Waals surface area contributed by atoms with Crippen LogP contribution in [0.4, 0.5) is 0 Å². The van der Waals surface area contributed by atoms with Gasteiger partial charge in [-0.05, 0) is 23.6 Å². The second-order valence-corrected chi connectivity index (χ2v) is 8.05. The van der Waals surface area contributed by atoms with Crippen molar-refractivity contribution in [1.29, 1.82) is 0 Å². The molecule has 2 aromatic heterocycles. The number of fused-ring (bicyclic) bond motifs is 1. The first kappa shape index (κ1) is 19.7. The van der Waals surface area contributed by atoms with Crippen LogP contribution in [0.15, 0.2) is 58.2 Å². The van der Waals surface area contributed by atoms with Crippen molar-refractivity contribution in [3.8, 4) is 11.4 Å². The number of nitrogens with zero attached hydrogens (tertiary/aromatic N) is 4. The Bertz CT molecular complexity index is 1090. The number of benzene rings is 2. The maximum absolute atomic E-state index is 5.47. The molecular weight excluding hydrogens is 384 g/mol. The van der Waals surface area contributed by atoms with Gasteiger partial charge >= 0.3 is 0 Å². The van der Waals surface area contributed by atoms with Crippen LogP contribution >= 0.6 is 11.8 Å². The molecule has 0 aliphatic heterocycles. The highest BCUT2D eigenvalue weighted by molar-refractivity contribution is 7.98. The number of para-hydroxylation sites is 2. The van der Waals surface area contributed by atoms with E-state index < -0.39 is 0 Å². The molecule has 0 saturated heterocycles. The van der Waals surface area contributed by atoms with Crippen molar-refractivity contribution < 1.29 is 9.26 Å². The van der Waals surface area contributed by atoms with Crippen molar-refractivity contribution in [3.63, 3.8) is 0 Å². The molecule has 0 N–H and O–H groups in total. The Kier molecular flexibility index (Phi) is 5.97. The quantitative estimate of drug-likeness (QED) is 0.376. The molecule has 2 aromatic carbocycles. The van der Waals surface area contributed by atoms with Gasteiger partial charge in [-0.2, -0.15) is 4.98 Å². The van der Waals surface area contributed by atoms with E-state index in [0.717, 1.165) is 28.3 Å². The molecule has 4 aromatic rings. The molecule has 0 spiro atoms. The summed E-state index contributed by atoms with van der Waals surface area (Å²) in [5, 5.41) is 5.06. The lowest BCUT2D eigenvalue weighted by Crippen LogP contribution is -2.05. The highest BCUT2D eigenvalue weighted by Crippen LogP contribution is 2.27. The van der Waals surface area contributed by atoms with Crippen LogP contribution in [0, 0.1) is 0 Å². The Morgan fingerprint density at radius 1 is 1.07 bits per heavy atom. The van der Waals surface area contributed by atoms with Crippen LogP contribution in [-0.2, 0) is 17.0 Å². The van der Waals surface area contributed by atoms with E-state index in [-0.39, 0.29) is 0 Å². The summed E-state index contributed by atoms with van der Waals surface area (Å²) in [6.45, 7) is 5.74. The first-order chi connectivity index (χ1) is 14.2. The predicted molar refractivity (Wildman–Crippen MR) is 115 cm³/mol. The smallest absolute Gasteiger partial charge is 0.237 e. The average Bonchev–Trinajstić information content (AvgIpc) is 3.35. The fraction of sp³-hybridized carbons (Fsp3) is 0.318. The molecule has 0 aliphatic rings. The molecule has 29 heavy (non-hydrogen) atoms. The summed E-state index contributed by atoms with van der Waals surface area (Å²) >= 11 is 1.59. The lowest BCUT2D eigenvalue weighted by Gasteiger charge is -2.07. The summed E-state index contributed by atoms with van der Waals surface area (Å²) in [4.78, 5) is 9.31. The van der Waals surface area contributed by atoms with Gasteiger partial charge in [0.1, 0.15) is 0 Å². The molecule has 150 valence electrons. The third-order valence-electron chi connectivity index (χ3n) is 4.77. The molecule has 2 heterocycles. The second kappa shape index (κ2) is 8.80. The van der Waals surface area contributed by atoms with E-state index in [4.69, 9.17) is 14.2 Å². The number of imidazole rings is 1. The van der Waals surface area contributed by atoms with Gasteiger partial charge in [-0.1, -0.05) is 67.2 Å². The van der Waals surface area contributed by atoms with Crippen molar-refractivity contribution in [2.24, 2.45) is 0 Å². The number of hydrogen-bond acceptors (Lipinski definition) is 6. The zero-order valence-electron chi connectivity index (χ0n) is 16.8. The molecule has 0 unspecified atom stereocenters. The van der Waals surface area contributed by atoms with E-state index in [2.05, 4.69) is 46.8 Å². The standard InChI is InChI=1S/C22H24N4O2S/c1-15(2)16-8-10-17(11-9-16)21-24-20(28-25-21)14-29-22-23-18-6-4-5-7-19(18)26(22)12-13-27-3/h4-11,15H,12-14H2,1-3H3. The highest BCUT2D eigenvalue weighted by atomic mass is 32.2. The summed E-state index contributed by atoms with van der Waals surface area (Å²) in [5.41, 5.74) is 4.33. The van der Waals surface area contributed by atoms with E-state index in [9.17, 15) is 0 Å². The first-order valence-electron chi connectivity index (χ1n) is 9.65. The Hall–Kier alpha value is -2.64. The van der Waals surface area contributed by atoms with Crippen LogP contribution in [0.3, 0.4) is 0 Å². The van der Waals surface area contributed by atoms with Crippen molar-refractivity contribution in [3.05, 3.63) is 60.0 Å². The molecule has 0 amide bonds. The third kappa shape index (κ3) is 4.36. The van der Waals surface area contributed by atoms with Gasteiger partial charge in [-0.3, -0.25) is 0 Å². The minimum Gasteiger partial charge on any atom is -0.383 e. The molecular formula is C22H24N4O2S. The summed E-state index contributed by atoms with van der Waals surface area (Å²) in [5.74, 6) is 2.26. The van der Waals surface area contributed by atoms with E-state index in [1.54, 1.807) is 18.9 Å². The summed E-state index contributed by atoms with van der Waals surface area (Å²) < 4.78 is 12.9.